The van der Waals surface area contributed by atoms with E-state index >= 15 is 0 Å². The SMILES string of the molecule is Cc1noc(C)c1-c1ccc2nc(N3CCC4=C(C3)NCN4C)nc(N3CCOC[C@@H]3c3ccccc3)c2c1. The highest BCUT2D eigenvalue weighted by atomic mass is 16.5. The Morgan fingerprint density at radius 3 is 2.72 bits per heavy atom. The molecule has 9 heteroatoms. The van der Waals surface area contributed by atoms with Gasteiger partial charge in [0.15, 0.2) is 0 Å². The molecule has 5 heterocycles. The molecule has 1 saturated heterocycles. The van der Waals surface area contributed by atoms with Crippen LogP contribution in [0.25, 0.3) is 22.0 Å². The third-order valence-electron chi connectivity index (χ3n) is 8.16. The highest BCUT2D eigenvalue weighted by Crippen LogP contribution is 2.38. The van der Waals surface area contributed by atoms with Gasteiger partial charge >= 0.3 is 0 Å². The van der Waals surface area contributed by atoms with Crippen molar-refractivity contribution in [3.8, 4) is 11.1 Å². The highest BCUT2D eigenvalue weighted by molar-refractivity contribution is 5.94. The van der Waals surface area contributed by atoms with Crippen molar-refractivity contribution in [3.63, 3.8) is 0 Å². The third-order valence-corrected chi connectivity index (χ3v) is 8.16. The Labute approximate surface area is 228 Å². The van der Waals surface area contributed by atoms with Gasteiger partial charge in [0, 0.05) is 43.2 Å². The summed E-state index contributed by atoms with van der Waals surface area (Å²) in [5.74, 6) is 2.52. The fraction of sp³-hybridized carbons (Fsp3) is 0.367. The number of anilines is 2. The molecule has 1 fully saturated rings. The van der Waals surface area contributed by atoms with Crippen molar-refractivity contribution in [1.29, 1.82) is 0 Å². The third kappa shape index (κ3) is 4.17. The van der Waals surface area contributed by atoms with Gasteiger partial charge in [-0.15, -0.1) is 0 Å². The van der Waals surface area contributed by atoms with Crippen molar-refractivity contribution in [2.75, 3.05) is 56.4 Å². The van der Waals surface area contributed by atoms with Crippen LogP contribution in [0.5, 0.6) is 0 Å². The van der Waals surface area contributed by atoms with Crippen LogP contribution in [0.3, 0.4) is 0 Å². The lowest BCUT2D eigenvalue weighted by molar-refractivity contribution is 0.0939. The van der Waals surface area contributed by atoms with E-state index in [4.69, 9.17) is 19.2 Å². The average Bonchev–Trinajstić information content (AvgIpc) is 3.52. The number of nitrogens with zero attached hydrogens (tertiary/aromatic N) is 6. The molecule has 1 atom stereocenters. The Bertz CT molecular complexity index is 1550. The summed E-state index contributed by atoms with van der Waals surface area (Å²) in [4.78, 5) is 17.4. The Morgan fingerprint density at radius 2 is 1.90 bits per heavy atom. The van der Waals surface area contributed by atoms with E-state index in [1.54, 1.807) is 0 Å². The molecule has 3 aliphatic rings. The molecule has 0 aliphatic carbocycles. The Hall–Kier alpha value is -4.11. The minimum atomic E-state index is 0.0643. The minimum Gasteiger partial charge on any atom is -0.377 e. The number of hydrogen-bond donors (Lipinski definition) is 1. The lowest BCUT2D eigenvalue weighted by Crippen LogP contribution is -2.41. The Balaban J connectivity index is 1.37. The van der Waals surface area contributed by atoms with Crippen LogP contribution in [0.4, 0.5) is 11.8 Å². The molecule has 0 spiro atoms. The van der Waals surface area contributed by atoms with Gasteiger partial charge in [0.2, 0.25) is 5.95 Å². The monoisotopic (exact) mass is 523 g/mol. The van der Waals surface area contributed by atoms with Crippen LogP contribution in [0.15, 0.2) is 64.4 Å². The number of morpholine rings is 1. The molecule has 0 amide bonds. The molecule has 1 N–H and O–H groups in total. The largest absolute Gasteiger partial charge is 0.377 e. The van der Waals surface area contributed by atoms with Crippen LogP contribution in [0.1, 0.15) is 29.5 Å². The summed E-state index contributed by atoms with van der Waals surface area (Å²) in [6.45, 7) is 8.50. The van der Waals surface area contributed by atoms with E-state index in [1.807, 2.05) is 13.8 Å². The van der Waals surface area contributed by atoms with Crippen molar-refractivity contribution < 1.29 is 9.26 Å². The van der Waals surface area contributed by atoms with Gasteiger partial charge in [0.1, 0.15) is 11.6 Å². The lowest BCUT2D eigenvalue weighted by Gasteiger charge is -2.38. The summed E-state index contributed by atoms with van der Waals surface area (Å²) in [7, 11) is 2.15. The molecule has 2 aromatic heterocycles. The van der Waals surface area contributed by atoms with Crippen LogP contribution >= 0.6 is 0 Å². The van der Waals surface area contributed by atoms with Crippen LogP contribution in [0.2, 0.25) is 0 Å². The van der Waals surface area contributed by atoms with E-state index in [-0.39, 0.29) is 6.04 Å². The van der Waals surface area contributed by atoms with E-state index in [1.165, 1.54) is 17.0 Å². The Kier molecular flexibility index (Phi) is 5.88. The van der Waals surface area contributed by atoms with Gasteiger partial charge in [0.05, 0.1) is 49.4 Å². The number of fused-ring (bicyclic) bond motifs is 1. The fourth-order valence-electron chi connectivity index (χ4n) is 6.13. The topological polar surface area (TPSA) is 82.8 Å². The smallest absolute Gasteiger partial charge is 0.228 e. The van der Waals surface area contributed by atoms with Crippen LogP contribution < -0.4 is 15.1 Å². The first-order valence-corrected chi connectivity index (χ1v) is 13.6. The molecular formula is C30H33N7O2. The summed E-state index contributed by atoms with van der Waals surface area (Å²) >= 11 is 0. The maximum absolute atomic E-state index is 5.98. The second-order valence-corrected chi connectivity index (χ2v) is 10.6. The van der Waals surface area contributed by atoms with Crippen molar-refractivity contribution in [2.45, 2.75) is 26.3 Å². The van der Waals surface area contributed by atoms with E-state index in [2.05, 4.69) is 80.8 Å². The summed E-state index contributed by atoms with van der Waals surface area (Å²) in [5, 5.41) is 8.76. The zero-order valence-electron chi connectivity index (χ0n) is 22.6. The van der Waals surface area contributed by atoms with E-state index in [9.17, 15) is 0 Å². The van der Waals surface area contributed by atoms with Crippen molar-refractivity contribution in [2.24, 2.45) is 0 Å². The zero-order chi connectivity index (χ0) is 26.5. The van der Waals surface area contributed by atoms with Gasteiger partial charge in [-0.1, -0.05) is 41.6 Å². The molecule has 4 aromatic rings. The number of aromatic nitrogens is 3. The lowest BCUT2D eigenvalue weighted by atomic mass is 10.0. The molecule has 200 valence electrons. The zero-order valence-corrected chi connectivity index (χ0v) is 22.6. The van der Waals surface area contributed by atoms with Crippen molar-refractivity contribution >= 4 is 22.7 Å². The highest BCUT2D eigenvalue weighted by Gasteiger charge is 2.31. The van der Waals surface area contributed by atoms with Crippen molar-refractivity contribution in [1.82, 2.24) is 25.3 Å². The molecule has 0 saturated carbocycles. The predicted molar refractivity (Wildman–Crippen MR) is 151 cm³/mol. The first-order chi connectivity index (χ1) is 19.1. The first-order valence-electron chi connectivity index (χ1n) is 13.6. The van der Waals surface area contributed by atoms with E-state index in [0.717, 1.165) is 78.0 Å². The molecular weight excluding hydrogens is 490 g/mol. The normalized spacial score (nSPS) is 19.6. The second kappa shape index (κ2) is 9.57. The maximum atomic E-state index is 5.98. The maximum Gasteiger partial charge on any atom is 0.228 e. The summed E-state index contributed by atoms with van der Waals surface area (Å²) < 4.78 is 11.5. The molecule has 7 rings (SSSR count). The van der Waals surface area contributed by atoms with Crippen LogP contribution in [-0.2, 0) is 4.74 Å². The molecule has 0 bridgehead atoms. The van der Waals surface area contributed by atoms with Crippen LogP contribution in [0, 0.1) is 13.8 Å². The minimum absolute atomic E-state index is 0.0643. The van der Waals surface area contributed by atoms with E-state index in [0.29, 0.717) is 13.2 Å². The standard InChI is InChI=1S/C30H33N7O2/c1-19-28(20(2)39-34-19)22-9-10-24-23(15-22)29(37-13-14-38-17-27(37)21-7-5-4-6-8-21)33-30(32-24)36-12-11-26-25(16-36)31-18-35(26)3/h4-10,15,27,31H,11-14,16-18H2,1-3H3/t27-/m1/s1. The number of benzene rings is 2. The molecule has 0 unspecified atom stereocenters. The number of nitrogens with one attached hydrogen (secondary N) is 1. The number of rotatable bonds is 4. The van der Waals surface area contributed by atoms with Gasteiger partial charge in [-0.3, -0.25) is 0 Å². The molecule has 39 heavy (non-hydrogen) atoms. The predicted octanol–water partition coefficient (Wildman–Crippen LogP) is 4.39. The number of aryl methyl sites for hydroxylation is 2. The Morgan fingerprint density at radius 1 is 1.03 bits per heavy atom. The quantitative estimate of drug-likeness (QED) is 0.419. The average molecular weight is 524 g/mol. The van der Waals surface area contributed by atoms with E-state index < -0.39 is 0 Å². The molecule has 9 nitrogen and oxygen atoms in total. The second-order valence-electron chi connectivity index (χ2n) is 10.6. The van der Waals surface area contributed by atoms with Gasteiger partial charge in [-0.25, -0.2) is 4.98 Å². The summed E-state index contributed by atoms with van der Waals surface area (Å²) in [6, 6.07) is 17.1. The molecule has 2 aromatic carbocycles. The van der Waals surface area contributed by atoms with Crippen LogP contribution in [-0.4, -0.2) is 66.6 Å². The fourth-order valence-corrected chi connectivity index (χ4v) is 6.13. The van der Waals surface area contributed by atoms with Gasteiger partial charge < -0.3 is 29.3 Å². The number of hydrogen-bond acceptors (Lipinski definition) is 9. The van der Waals surface area contributed by atoms with Gasteiger partial charge in [0.25, 0.3) is 0 Å². The molecule has 0 radical (unpaired) electrons. The van der Waals surface area contributed by atoms with Gasteiger partial charge in [-0.2, -0.15) is 4.98 Å². The van der Waals surface area contributed by atoms with Crippen molar-refractivity contribution in [3.05, 3.63) is 76.9 Å². The number of ether oxygens (including phenoxy) is 1. The summed E-state index contributed by atoms with van der Waals surface area (Å²) in [6.07, 6.45) is 0.977. The van der Waals surface area contributed by atoms with Gasteiger partial charge in [-0.05, 0) is 37.1 Å². The summed E-state index contributed by atoms with van der Waals surface area (Å²) in [5.41, 5.74) is 7.79. The molecule has 3 aliphatic heterocycles. The first kappa shape index (κ1) is 24.0.